The molecule has 1 aromatic carbocycles. The van der Waals surface area contributed by atoms with Crippen LogP contribution in [0.25, 0.3) is 0 Å². The van der Waals surface area contributed by atoms with E-state index in [9.17, 15) is 9.59 Å². The smallest absolute Gasteiger partial charge is 0.335 e. The number of rotatable bonds is 4. The number of methoxy groups -OCH3 is 1. The van der Waals surface area contributed by atoms with E-state index in [-0.39, 0.29) is 18.4 Å². The largest absolute Gasteiger partial charge is 0.466 e. The summed E-state index contributed by atoms with van der Waals surface area (Å²) in [5, 5.41) is 0. The highest BCUT2D eigenvalue weighted by atomic mass is 16.5. The summed E-state index contributed by atoms with van der Waals surface area (Å²) in [4.78, 5) is 24.4. The van der Waals surface area contributed by atoms with Crippen LogP contribution < -0.4 is 0 Å². The number of carbonyl (C=O) groups is 2. The SMILES string of the molecule is COC(=O)C1=C(C(=O)OCc2ccccc2)[C@@H](C)C=C[C@H]1C. The molecular formula is C18H20O4. The van der Waals surface area contributed by atoms with Crippen molar-refractivity contribution in [2.24, 2.45) is 11.8 Å². The van der Waals surface area contributed by atoms with Crippen LogP contribution in [0.4, 0.5) is 0 Å². The maximum Gasteiger partial charge on any atom is 0.335 e. The lowest BCUT2D eigenvalue weighted by atomic mass is 9.83. The van der Waals surface area contributed by atoms with Crippen molar-refractivity contribution in [3.8, 4) is 0 Å². The highest BCUT2D eigenvalue weighted by Gasteiger charge is 2.31. The minimum absolute atomic E-state index is 0.164. The van der Waals surface area contributed by atoms with E-state index in [1.807, 2.05) is 56.3 Å². The Morgan fingerprint density at radius 1 is 0.955 bits per heavy atom. The lowest BCUT2D eigenvalue weighted by Gasteiger charge is -2.23. The quantitative estimate of drug-likeness (QED) is 0.633. The molecule has 2 rings (SSSR count). The van der Waals surface area contributed by atoms with Gasteiger partial charge in [-0.1, -0.05) is 56.3 Å². The first kappa shape index (κ1) is 16.0. The molecule has 0 aromatic heterocycles. The summed E-state index contributed by atoms with van der Waals surface area (Å²) < 4.78 is 10.2. The Bertz CT molecular complexity index is 613. The fraction of sp³-hybridized carbons (Fsp3) is 0.333. The minimum Gasteiger partial charge on any atom is -0.466 e. The van der Waals surface area contributed by atoms with Gasteiger partial charge in [0.25, 0.3) is 0 Å². The lowest BCUT2D eigenvalue weighted by Crippen LogP contribution is -2.25. The van der Waals surface area contributed by atoms with E-state index in [4.69, 9.17) is 9.47 Å². The second kappa shape index (κ2) is 7.07. The zero-order valence-corrected chi connectivity index (χ0v) is 13.0. The average Bonchev–Trinajstić information content (AvgIpc) is 2.54. The Morgan fingerprint density at radius 3 is 2.05 bits per heavy atom. The van der Waals surface area contributed by atoms with Gasteiger partial charge in [0, 0.05) is 11.8 Å². The number of esters is 2. The number of hydrogen-bond donors (Lipinski definition) is 0. The van der Waals surface area contributed by atoms with E-state index in [0.717, 1.165) is 5.56 Å². The molecule has 0 saturated carbocycles. The number of hydrogen-bond acceptors (Lipinski definition) is 4. The highest BCUT2D eigenvalue weighted by Crippen LogP contribution is 2.30. The summed E-state index contributed by atoms with van der Waals surface area (Å²) in [7, 11) is 1.32. The zero-order chi connectivity index (χ0) is 16.1. The van der Waals surface area contributed by atoms with E-state index in [0.29, 0.717) is 11.1 Å². The third-order valence-corrected chi connectivity index (χ3v) is 3.73. The van der Waals surface area contributed by atoms with Crippen LogP contribution in [0.3, 0.4) is 0 Å². The molecule has 116 valence electrons. The third-order valence-electron chi connectivity index (χ3n) is 3.73. The van der Waals surface area contributed by atoms with E-state index in [1.54, 1.807) is 0 Å². The monoisotopic (exact) mass is 300 g/mol. The van der Waals surface area contributed by atoms with Gasteiger partial charge in [-0.3, -0.25) is 0 Å². The van der Waals surface area contributed by atoms with Crippen molar-refractivity contribution in [3.05, 3.63) is 59.2 Å². The molecule has 22 heavy (non-hydrogen) atoms. The highest BCUT2D eigenvalue weighted by molar-refractivity contribution is 6.02. The van der Waals surface area contributed by atoms with Gasteiger partial charge in [-0.15, -0.1) is 0 Å². The Balaban J connectivity index is 2.21. The van der Waals surface area contributed by atoms with Gasteiger partial charge in [0.2, 0.25) is 0 Å². The molecule has 4 heteroatoms. The van der Waals surface area contributed by atoms with E-state index in [1.165, 1.54) is 7.11 Å². The van der Waals surface area contributed by atoms with E-state index in [2.05, 4.69) is 0 Å². The van der Waals surface area contributed by atoms with Crippen molar-refractivity contribution in [2.75, 3.05) is 7.11 Å². The van der Waals surface area contributed by atoms with Crippen LogP contribution in [0, 0.1) is 11.8 Å². The summed E-state index contributed by atoms with van der Waals surface area (Å²) in [6.45, 7) is 3.91. The standard InChI is InChI=1S/C18H20O4/c1-12-9-10-13(2)16(15(12)17(19)21-3)18(20)22-11-14-7-5-4-6-8-14/h4-10,12-13H,11H2,1-3H3/t12-,13+/m1/s1. The van der Waals surface area contributed by atoms with Crippen LogP contribution in [0.5, 0.6) is 0 Å². The molecule has 0 fully saturated rings. The Kier molecular flexibility index (Phi) is 5.15. The Morgan fingerprint density at radius 2 is 1.50 bits per heavy atom. The predicted molar refractivity (Wildman–Crippen MR) is 82.7 cm³/mol. The van der Waals surface area contributed by atoms with Gasteiger partial charge in [0.05, 0.1) is 18.3 Å². The van der Waals surface area contributed by atoms with E-state index >= 15 is 0 Å². The van der Waals surface area contributed by atoms with Crippen LogP contribution in [-0.4, -0.2) is 19.0 Å². The van der Waals surface area contributed by atoms with Crippen LogP contribution in [0.15, 0.2) is 53.6 Å². The fourth-order valence-electron chi connectivity index (χ4n) is 2.52. The molecule has 0 radical (unpaired) electrons. The van der Waals surface area contributed by atoms with Gasteiger partial charge in [0.15, 0.2) is 0 Å². The zero-order valence-electron chi connectivity index (χ0n) is 13.0. The maximum absolute atomic E-state index is 12.4. The molecule has 0 saturated heterocycles. The topological polar surface area (TPSA) is 52.6 Å². The van der Waals surface area contributed by atoms with Gasteiger partial charge >= 0.3 is 11.9 Å². The molecule has 0 spiro atoms. The van der Waals surface area contributed by atoms with Crippen molar-refractivity contribution in [1.29, 1.82) is 0 Å². The van der Waals surface area contributed by atoms with Crippen LogP contribution in [0.2, 0.25) is 0 Å². The second-order valence-electron chi connectivity index (χ2n) is 5.34. The molecular weight excluding hydrogens is 280 g/mol. The van der Waals surface area contributed by atoms with Crippen molar-refractivity contribution < 1.29 is 19.1 Å². The predicted octanol–water partition coefficient (Wildman–Crippen LogP) is 3.04. The Labute approximate surface area is 130 Å². The molecule has 0 N–H and O–H groups in total. The molecule has 1 aliphatic carbocycles. The van der Waals surface area contributed by atoms with Crippen LogP contribution >= 0.6 is 0 Å². The van der Waals surface area contributed by atoms with E-state index < -0.39 is 11.9 Å². The van der Waals surface area contributed by atoms with Gasteiger partial charge in [-0.05, 0) is 5.56 Å². The van der Waals surface area contributed by atoms with Crippen molar-refractivity contribution in [2.45, 2.75) is 20.5 Å². The van der Waals surface area contributed by atoms with Crippen molar-refractivity contribution in [3.63, 3.8) is 0 Å². The number of benzene rings is 1. The molecule has 0 amide bonds. The molecule has 0 bridgehead atoms. The Hall–Kier alpha value is -2.36. The van der Waals surface area contributed by atoms with Gasteiger partial charge in [-0.2, -0.15) is 0 Å². The molecule has 0 unspecified atom stereocenters. The van der Waals surface area contributed by atoms with Crippen molar-refractivity contribution >= 4 is 11.9 Å². The first-order valence-electron chi connectivity index (χ1n) is 7.26. The summed E-state index contributed by atoms with van der Waals surface area (Å²) in [5.41, 5.74) is 1.68. The summed E-state index contributed by atoms with van der Waals surface area (Å²) in [5.74, 6) is -1.28. The lowest BCUT2D eigenvalue weighted by molar-refractivity contribution is -0.142. The molecule has 1 aliphatic rings. The molecule has 0 heterocycles. The van der Waals surface area contributed by atoms with Crippen LogP contribution in [-0.2, 0) is 25.7 Å². The molecule has 1 aromatic rings. The first-order chi connectivity index (χ1) is 10.5. The molecule has 0 aliphatic heterocycles. The molecule has 4 nitrogen and oxygen atoms in total. The number of allylic oxidation sites excluding steroid dienone is 2. The summed E-state index contributed by atoms with van der Waals surface area (Å²) in [6.07, 6.45) is 3.82. The van der Waals surface area contributed by atoms with Gasteiger partial charge in [0.1, 0.15) is 6.61 Å². The van der Waals surface area contributed by atoms with Crippen molar-refractivity contribution in [1.82, 2.24) is 0 Å². The van der Waals surface area contributed by atoms with Gasteiger partial charge in [-0.25, -0.2) is 9.59 Å². The first-order valence-corrected chi connectivity index (χ1v) is 7.26. The summed E-state index contributed by atoms with van der Waals surface area (Å²) in [6, 6.07) is 9.44. The minimum atomic E-state index is -0.477. The third kappa shape index (κ3) is 3.45. The normalized spacial score (nSPS) is 20.7. The molecule has 2 atom stereocenters. The van der Waals surface area contributed by atoms with Crippen LogP contribution in [0.1, 0.15) is 19.4 Å². The number of carbonyl (C=O) groups excluding carboxylic acids is 2. The average molecular weight is 300 g/mol. The van der Waals surface area contributed by atoms with Gasteiger partial charge < -0.3 is 9.47 Å². The summed E-state index contributed by atoms with van der Waals surface area (Å²) >= 11 is 0. The number of ether oxygens (including phenoxy) is 2. The maximum atomic E-state index is 12.4. The second-order valence-corrected chi connectivity index (χ2v) is 5.34. The fourth-order valence-corrected chi connectivity index (χ4v) is 2.52.